The molecule has 0 heterocycles. The summed E-state index contributed by atoms with van der Waals surface area (Å²) in [5.41, 5.74) is 2.34. The summed E-state index contributed by atoms with van der Waals surface area (Å²) < 4.78 is 16.9. The minimum Gasteiger partial charge on any atom is -0.507 e. The molecule has 0 amide bonds. The lowest BCUT2D eigenvalue weighted by Gasteiger charge is -2.29. The molecule has 0 aliphatic heterocycles. The number of benzene rings is 3. The van der Waals surface area contributed by atoms with Crippen LogP contribution in [-0.2, 0) is 85.1 Å². The van der Waals surface area contributed by atoms with E-state index in [4.69, 9.17) is 14.2 Å². The van der Waals surface area contributed by atoms with Crippen LogP contribution in [-0.4, -0.2) is 64.1 Å². The molecule has 67 heavy (non-hydrogen) atoms. The highest BCUT2D eigenvalue weighted by Gasteiger charge is 2.44. The van der Waals surface area contributed by atoms with E-state index in [1.165, 1.54) is 0 Å². The van der Waals surface area contributed by atoms with Crippen LogP contribution < -0.4 is 0 Å². The molecular formula is C56H82O11. The first kappa shape index (κ1) is 56.3. The summed E-state index contributed by atoms with van der Waals surface area (Å²) >= 11 is 0. The summed E-state index contributed by atoms with van der Waals surface area (Å²) in [6.45, 7) is 33.7. The van der Waals surface area contributed by atoms with Crippen molar-refractivity contribution >= 4 is 23.9 Å². The summed E-state index contributed by atoms with van der Waals surface area (Å²) in [6.07, 6.45) is 0.370. The van der Waals surface area contributed by atoms with E-state index in [-0.39, 0.29) is 88.3 Å². The highest BCUT2D eigenvalue weighted by Crippen LogP contribution is 2.43. The molecule has 0 aliphatic carbocycles. The number of hydrogen-bond acceptors (Lipinski definition) is 10. The molecule has 0 atom stereocenters. The van der Waals surface area contributed by atoms with Crippen LogP contribution >= 0.6 is 0 Å². The number of carbonyl (C=O) groups excluding carboxylic acids is 3. The van der Waals surface area contributed by atoms with E-state index in [9.17, 15) is 39.6 Å². The van der Waals surface area contributed by atoms with E-state index in [1.54, 1.807) is 0 Å². The van der Waals surface area contributed by atoms with Gasteiger partial charge in [0, 0.05) is 19.3 Å². The summed E-state index contributed by atoms with van der Waals surface area (Å²) in [6, 6.07) is 11.2. The highest BCUT2D eigenvalue weighted by atomic mass is 16.6. The molecule has 0 aliphatic rings. The van der Waals surface area contributed by atoms with Crippen LogP contribution in [0, 0.1) is 5.41 Å². The van der Waals surface area contributed by atoms with Crippen molar-refractivity contribution < 1.29 is 53.8 Å². The van der Waals surface area contributed by atoms with Gasteiger partial charge in [0.1, 0.15) is 37.1 Å². The number of ether oxygens (including phenoxy) is 3. The lowest BCUT2D eigenvalue weighted by molar-refractivity contribution is -0.175. The van der Waals surface area contributed by atoms with Crippen LogP contribution in [0.4, 0.5) is 0 Å². The summed E-state index contributed by atoms with van der Waals surface area (Å²) in [4.78, 5) is 53.5. The van der Waals surface area contributed by atoms with Gasteiger partial charge in [0.15, 0.2) is 5.41 Å². The fourth-order valence-corrected chi connectivity index (χ4v) is 7.87. The van der Waals surface area contributed by atoms with Gasteiger partial charge < -0.3 is 34.6 Å². The fraction of sp³-hybridized carbons (Fsp3) is 0.607. The summed E-state index contributed by atoms with van der Waals surface area (Å²) in [7, 11) is 0. The van der Waals surface area contributed by atoms with Crippen molar-refractivity contribution in [3.05, 3.63) is 86.5 Å². The maximum atomic E-state index is 13.4. The fourth-order valence-electron chi connectivity index (χ4n) is 7.87. The minimum absolute atomic E-state index is 0.118. The smallest absolute Gasteiger partial charge is 0.320 e. The topological polar surface area (TPSA) is 177 Å². The van der Waals surface area contributed by atoms with Crippen molar-refractivity contribution in [1.82, 2.24) is 0 Å². The molecule has 0 spiro atoms. The number of carboxylic acid groups (broad SMARTS) is 1. The number of aromatic hydroxyl groups is 3. The summed E-state index contributed by atoms with van der Waals surface area (Å²) in [5.74, 6) is -2.99. The van der Waals surface area contributed by atoms with E-state index in [0.717, 1.165) is 50.1 Å². The third kappa shape index (κ3) is 15.2. The molecule has 3 aromatic carbocycles. The van der Waals surface area contributed by atoms with E-state index < -0.39 is 49.1 Å². The first-order valence-electron chi connectivity index (χ1n) is 23.6. The average molecular weight is 931 g/mol. The van der Waals surface area contributed by atoms with Crippen LogP contribution in [0.15, 0.2) is 36.4 Å². The largest absolute Gasteiger partial charge is 0.507 e. The molecule has 11 nitrogen and oxygen atoms in total. The van der Waals surface area contributed by atoms with Gasteiger partial charge in [-0.2, -0.15) is 0 Å². The third-order valence-electron chi connectivity index (χ3n) is 12.2. The highest BCUT2D eigenvalue weighted by molar-refractivity contribution is 5.78. The van der Waals surface area contributed by atoms with Gasteiger partial charge in [0.25, 0.3) is 0 Å². The van der Waals surface area contributed by atoms with E-state index >= 15 is 0 Å². The van der Waals surface area contributed by atoms with Crippen molar-refractivity contribution in [1.29, 1.82) is 0 Å². The quantitative estimate of drug-likeness (QED) is 0.0794. The molecule has 3 aromatic rings. The Labute approximate surface area is 401 Å². The number of carboxylic acids is 1. The Balaban J connectivity index is 1.90. The van der Waals surface area contributed by atoms with Crippen LogP contribution in [0.2, 0.25) is 0 Å². The Bertz CT molecular complexity index is 1920. The first-order chi connectivity index (χ1) is 30.3. The maximum absolute atomic E-state index is 13.4. The summed E-state index contributed by atoms with van der Waals surface area (Å²) in [5, 5.41) is 44.3. The second kappa shape index (κ2) is 20.7. The van der Waals surface area contributed by atoms with Gasteiger partial charge in [-0.3, -0.25) is 19.2 Å². The Morgan fingerprint density at radius 2 is 0.552 bits per heavy atom. The molecule has 0 unspecified atom stereocenters. The predicted molar refractivity (Wildman–Crippen MR) is 264 cm³/mol. The third-order valence-corrected chi connectivity index (χ3v) is 12.2. The zero-order valence-electron chi connectivity index (χ0n) is 44.0. The normalized spacial score (nSPS) is 13.0. The van der Waals surface area contributed by atoms with Crippen molar-refractivity contribution in [3.63, 3.8) is 0 Å². The monoisotopic (exact) mass is 931 g/mol. The number of aliphatic carboxylic acids is 1. The van der Waals surface area contributed by atoms with Crippen LogP contribution in [0.1, 0.15) is 194 Å². The predicted octanol–water partition coefficient (Wildman–Crippen LogP) is 11.5. The SMILES string of the molecule is CC(C)(C)c1cc(CCC(=O)OCC(COC(=O)CCc2cc(C(C)(C)C)c(O)c(C(C)(C)C)c2)(COC(=O)CCc2cc(C(C)(C)C)c(O)c(C(C)(C)C)c2)C(=O)O)cc(C(C)(C)C)c1O. The number of esters is 3. The van der Waals surface area contributed by atoms with E-state index in [0.29, 0.717) is 0 Å². The standard InChI is InChI=1S/C56H82O11/c1-50(2,3)37-25-34(26-38(46(37)60)51(4,5)6)19-22-43(57)65-31-56(49(63)64,32-66-44(58)23-20-35-27-39(52(7,8)9)47(61)40(28-35)53(10,11)12)33-67-45(59)24-21-36-29-41(54(13,14)15)48(62)42(30-36)55(16,17)18/h25-30,60-62H,19-24,31-33H2,1-18H3,(H,63,64). The van der Waals surface area contributed by atoms with Gasteiger partial charge in [0.05, 0.1) is 0 Å². The molecule has 372 valence electrons. The number of carbonyl (C=O) groups is 4. The van der Waals surface area contributed by atoms with Crippen LogP contribution in [0.5, 0.6) is 17.2 Å². The molecular weight excluding hydrogens is 849 g/mol. The van der Waals surface area contributed by atoms with Crippen molar-refractivity contribution in [3.8, 4) is 17.2 Å². The molecule has 4 N–H and O–H groups in total. The van der Waals surface area contributed by atoms with Gasteiger partial charge in [0.2, 0.25) is 0 Å². The second-order valence-corrected chi connectivity index (χ2v) is 24.7. The van der Waals surface area contributed by atoms with Gasteiger partial charge >= 0.3 is 23.9 Å². The molecule has 11 heteroatoms. The number of hydrogen-bond donors (Lipinski definition) is 4. The van der Waals surface area contributed by atoms with E-state index in [2.05, 4.69) is 0 Å². The van der Waals surface area contributed by atoms with Crippen LogP contribution in [0.3, 0.4) is 0 Å². The van der Waals surface area contributed by atoms with Crippen molar-refractivity contribution in [2.75, 3.05) is 19.8 Å². The number of phenols is 3. The van der Waals surface area contributed by atoms with Gasteiger partial charge in [-0.15, -0.1) is 0 Å². The number of aryl methyl sites for hydroxylation is 3. The molecule has 0 aromatic heterocycles. The number of phenolic OH excluding ortho intramolecular Hbond substituents is 3. The molecule has 0 saturated carbocycles. The minimum atomic E-state index is -2.15. The molecule has 0 bridgehead atoms. The Morgan fingerprint density at radius 1 is 0.373 bits per heavy atom. The molecule has 0 fully saturated rings. The van der Waals surface area contributed by atoms with Crippen molar-refractivity contribution in [2.45, 2.75) is 196 Å². The maximum Gasteiger partial charge on any atom is 0.320 e. The van der Waals surface area contributed by atoms with Gasteiger partial charge in [-0.25, -0.2) is 0 Å². The Morgan fingerprint density at radius 3 is 0.701 bits per heavy atom. The van der Waals surface area contributed by atoms with Crippen LogP contribution in [0.25, 0.3) is 0 Å². The first-order valence-corrected chi connectivity index (χ1v) is 23.6. The molecule has 0 radical (unpaired) electrons. The Hall–Kier alpha value is -5.06. The zero-order valence-corrected chi connectivity index (χ0v) is 44.0. The zero-order chi connectivity index (χ0) is 51.5. The molecule has 3 rings (SSSR count). The van der Waals surface area contributed by atoms with E-state index in [1.807, 2.05) is 161 Å². The molecule has 0 saturated heterocycles. The lowest BCUT2D eigenvalue weighted by atomic mass is 9.78. The lowest BCUT2D eigenvalue weighted by Crippen LogP contribution is -2.46. The van der Waals surface area contributed by atoms with Crippen molar-refractivity contribution in [2.24, 2.45) is 5.41 Å². The Kier molecular flexibility index (Phi) is 17.4. The number of rotatable bonds is 16. The van der Waals surface area contributed by atoms with Gasteiger partial charge in [-0.05, 0) is 102 Å². The van der Waals surface area contributed by atoms with Gasteiger partial charge in [-0.1, -0.05) is 161 Å². The second-order valence-electron chi connectivity index (χ2n) is 24.7. The average Bonchev–Trinajstić information content (AvgIpc) is 3.16.